The second kappa shape index (κ2) is 5.48. The summed E-state index contributed by atoms with van der Waals surface area (Å²) in [5.74, 6) is -1.23. The van der Waals surface area contributed by atoms with Crippen molar-refractivity contribution in [3.05, 3.63) is 28.5 Å². The molecule has 0 atom stereocenters. The number of rotatable bonds is 2. The van der Waals surface area contributed by atoms with E-state index in [9.17, 15) is 9.59 Å². The summed E-state index contributed by atoms with van der Waals surface area (Å²) in [6.07, 6.45) is 2.60. The highest BCUT2D eigenvalue weighted by Gasteiger charge is 2.27. The van der Waals surface area contributed by atoms with Gasteiger partial charge in [-0.15, -0.1) is 0 Å². The first-order chi connectivity index (χ1) is 8.58. The van der Waals surface area contributed by atoms with Gasteiger partial charge in [-0.25, -0.2) is 4.98 Å². The summed E-state index contributed by atoms with van der Waals surface area (Å²) in [4.78, 5) is 28.6. The number of halogens is 1. The maximum atomic E-state index is 12.1. The maximum Gasteiger partial charge on any atom is 0.306 e. The van der Waals surface area contributed by atoms with Gasteiger partial charge in [-0.1, -0.05) is 0 Å². The predicted octanol–water partition coefficient (Wildman–Crippen LogP) is 1.78. The topological polar surface area (TPSA) is 70.5 Å². The van der Waals surface area contributed by atoms with Crippen LogP contribution in [0.2, 0.25) is 0 Å². The molecule has 1 aliphatic heterocycles. The van der Waals surface area contributed by atoms with Crippen molar-refractivity contribution in [2.75, 3.05) is 13.1 Å². The number of pyridine rings is 1. The molecule has 1 amide bonds. The van der Waals surface area contributed by atoms with Crippen LogP contribution in [0.15, 0.2) is 22.8 Å². The van der Waals surface area contributed by atoms with E-state index in [1.165, 1.54) is 0 Å². The lowest BCUT2D eigenvalue weighted by Gasteiger charge is -2.29. The highest BCUT2D eigenvalue weighted by molar-refractivity contribution is 9.10. The molecule has 6 heteroatoms. The summed E-state index contributed by atoms with van der Waals surface area (Å²) < 4.78 is 0.823. The summed E-state index contributed by atoms with van der Waals surface area (Å²) in [5.41, 5.74) is 0.395. The number of likely N-dealkylation sites (tertiary alicyclic amines) is 1. The van der Waals surface area contributed by atoms with Crippen LogP contribution in [0, 0.1) is 5.92 Å². The molecule has 1 aromatic heterocycles. The van der Waals surface area contributed by atoms with Crippen LogP contribution in [0.4, 0.5) is 0 Å². The minimum Gasteiger partial charge on any atom is -0.481 e. The highest BCUT2D eigenvalue weighted by atomic mass is 79.9. The molecular weight excluding hydrogens is 300 g/mol. The SMILES string of the molecule is O=C(O)C1CCN(C(=O)c2ccc(Br)cn2)CC1. The van der Waals surface area contributed by atoms with Crippen molar-refractivity contribution >= 4 is 27.8 Å². The van der Waals surface area contributed by atoms with Crippen molar-refractivity contribution in [1.82, 2.24) is 9.88 Å². The summed E-state index contributed by atoms with van der Waals surface area (Å²) in [6, 6.07) is 3.43. The first-order valence-electron chi connectivity index (χ1n) is 5.71. The number of carboxylic acid groups (broad SMARTS) is 1. The lowest BCUT2D eigenvalue weighted by molar-refractivity contribution is -0.143. The Morgan fingerprint density at radius 1 is 1.33 bits per heavy atom. The van der Waals surface area contributed by atoms with E-state index in [2.05, 4.69) is 20.9 Å². The van der Waals surface area contributed by atoms with Crippen molar-refractivity contribution in [3.63, 3.8) is 0 Å². The predicted molar refractivity (Wildman–Crippen MR) is 68.2 cm³/mol. The Bertz CT molecular complexity index is 453. The number of aromatic nitrogens is 1. The van der Waals surface area contributed by atoms with Crippen molar-refractivity contribution in [3.8, 4) is 0 Å². The minimum absolute atomic E-state index is 0.133. The van der Waals surface area contributed by atoms with Gasteiger partial charge >= 0.3 is 5.97 Å². The Balaban J connectivity index is 1.99. The third kappa shape index (κ3) is 2.87. The van der Waals surface area contributed by atoms with Crippen LogP contribution < -0.4 is 0 Å². The zero-order valence-electron chi connectivity index (χ0n) is 9.67. The summed E-state index contributed by atoms with van der Waals surface area (Å²) in [7, 11) is 0. The van der Waals surface area contributed by atoms with Gasteiger partial charge in [0.25, 0.3) is 5.91 Å². The third-order valence-corrected chi connectivity index (χ3v) is 3.55. The number of carbonyl (C=O) groups is 2. The van der Waals surface area contributed by atoms with Gasteiger partial charge < -0.3 is 10.0 Å². The normalized spacial score (nSPS) is 16.6. The number of hydrogen-bond donors (Lipinski definition) is 1. The Labute approximate surface area is 113 Å². The first-order valence-corrected chi connectivity index (χ1v) is 6.51. The van der Waals surface area contributed by atoms with Crippen LogP contribution in [0.5, 0.6) is 0 Å². The molecule has 0 saturated carbocycles. The van der Waals surface area contributed by atoms with E-state index in [-0.39, 0.29) is 11.8 Å². The Morgan fingerprint density at radius 3 is 2.50 bits per heavy atom. The number of carbonyl (C=O) groups excluding carboxylic acids is 1. The fraction of sp³-hybridized carbons (Fsp3) is 0.417. The molecule has 0 unspecified atom stereocenters. The smallest absolute Gasteiger partial charge is 0.306 e. The number of carboxylic acids is 1. The number of piperidine rings is 1. The van der Waals surface area contributed by atoms with E-state index in [0.29, 0.717) is 31.6 Å². The standard InChI is InChI=1S/C12H13BrN2O3/c13-9-1-2-10(14-7-9)11(16)15-5-3-8(4-6-15)12(17)18/h1-2,7-8H,3-6H2,(H,17,18). The van der Waals surface area contributed by atoms with Crippen molar-refractivity contribution in [2.45, 2.75) is 12.8 Å². The molecule has 0 aromatic carbocycles. The van der Waals surface area contributed by atoms with E-state index in [1.807, 2.05) is 0 Å². The Morgan fingerprint density at radius 2 is 2.00 bits per heavy atom. The van der Waals surface area contributed by atoms with E-state index >= 15 is 0 Å². The maximum absolute atomic E-state index is 12.1. The number of amides is 1. The summed E-state index contributed by atoms with van der Waals surface area (Å²) >= 11 is 3.26. The van der Waals surface area contributed by atoms with Gasteiger partial charge in [0.05, 0.1) is 5.92 Å². The zero-order chi connectivity index (χ0) is 13.1. The molecule has 1 aliphatic rings. The lowest BCUT2D eigenvalue weighted by Crippen LogP contribution is -2.40. The monoisotopic (exact) mass is 312 g/mol. The van der Waals surface area contributed by atoms with Gasteiger partial charge in [-0.3, -0.25) is 9.59 Å². The van der Waals surface area contributed by atoms with Crippen LogP contribution in [0.25, 0.3) is 0 Å². The van der Waals surface area contributed by atoms with Gasteiger partial charge in [-0.2, -0.15) is 0 Å². The van der Waals surface area contributed by atoms with E-state index in [4.69, 9.17) is 5.11 Å². The van der Waals surface area contributed by atoms with Crippen LogP contribution >= 0.6 is 15.9 Å². The molecule has 1 saturated heterocycles. The molecule has 0 bridgehead atoms. The molecule has 18 heavy (non-hydrogen) atoms. The lowest BCUT2D eigenvalue weighted by atomic mass is 9.97. The fourth-order valence-electron chi connectivity index (χ4n) is 1.99. The van der Waals surface area contributed by atoms with E-state index in [1.54, 1.807) is 23.2 Å². The quantitative estimate of drug-likeness (QED) is 0.903. The molecule has 0 spiro atoms. The molecule has 2 heterocycles. The van der Waals surface area contributed by atoms with Crippen LogP contribution in [-0.2, 0) is 4.79 Å². The van der Waals surface area contributed by atoms with Gasteiger partial charge in [0.2, 0.25) is 0 Å². The van der Waals surface area contributed by atoms with Gasteiger partial charge in [0.1, 0.15) is 5.69 Å². The average Bonchev–Trinajstić information content (AvgIpc) is 2.39. The molecule has 1 aromatic rings. The number of nitrogens with zero attached hydrogens (tertiary/aromatic N) is 2. The van der Waals surface area contributed by atoms with Gasteiger partial charge in [0, 0.05) is 23.8 Å². The van der Waals surface area contributed by atoms with Crippen molar-refractivity contribution in [2.24, 2.45) is 5.92 Å². The zero-order valence-corrected chi connectivity index (χ0v) is 11.3. The Hall–Kier alpha value is -1.43. The molecule has 0 radical (unpaired) electrons. The molecule has 0 aliphatic carbocycles. The number of hydrogen-bond acceptors (Lipinski definition) is 3. The van der Waals surface area contributed by atoms with E-state index in [0.717, 1.165) is 4.47 Å². The highest BCUT2D eigenvalue weighted by Crippen LogP contribution is 2.19. The summed E-state index contributed by atoms with van der Waals surface area (Å²) in [6.45, 7) is 0.959. The van der Waals surface area contributed by atoms with Crippen LogP contribution in [0.1, 0.15) is 23.3 Å². The van der Waals surface area contributed by atoms with Crippen LogP contribution in [-0.4, -0.2) is 40.0 Å². The number of aliphatic carboxylic acids is 1. The molecule has 96 valence electrons. The fourth-order valence-corrected chi connectivity index (χ4v) is 2.23. The Kier molecular flexibility index (Phi) is 3.96. The molecule has 1 N–H and O–H groups in total. The van der Waals surface area contributed by atoms with E-state index < -0.39 is 5.97 Å². The second-order valence-electron chi connectivity index (χ2n) is 4.27. The summed E-state index contributed by atoms with van der Waals surface area (Å²) in [5, 5.41) is 8.89. The van der Waals surface area contributed by atoms with Gasteiger partial charge in [-0.05, 0) is 40.9 Å². The van der Waals surface area contributed by atoms with Crippen LogP contribution in [0.3, 0.4) is 0 Å². The third-order valence-electron chi connectivity index (χ3n) is 3.08. The largest absolute Gasteiger partial charge is 0.481 e. The molecule has 5 nitrogen and oxygen atoms in total. The average molecular weight is 313 g/mol. The van der Waals surface area contributed by atoms with Crippen molar-refractivity contribution in [1.29, 1.82) is 0 Å². The second-order valence-corrected chi connectivity index (χ2v) is 5.18. The molecular formula is C12H13BrN2O3. The van der Waals surface area contributed by atoms with Gasteiger partial charge in [0.15, 0.2) is 0 Å². The molecule has 2 rings (SSSR count). The minimum atomic E-state index is -0.774. The van der Waals surface area contributed by atoms with Crippen molar-refractivity contribution < 1.29 is 14.7 Å². The molecule has 1 fully saturated rings. The first kappa shape index (κ1) is 13.0.